The van der Waals surface area contributed by atoms with Crippen molar-refractivity contribution in [2.24, 2.45) is 0 Å². The number of rotatable bonds is 7. The van der Waals surface area contributed by atoms with Crippen LogP contribution in [-0.4, -0.2) is 15.7 Å². The first-order valence-corrected chi connectivity index (χ1v) is 8.88. The number of nitro benzene ring substituents is 1. The first-order chi connectivity index (χ1) is 13.5. The largest absolute Gasteiger partial charge is 0.467 e. The number of furan rings is 1. The molecule has 7 heteroatoms. The van der Waals surface area contributed by atoms with Crippen LogP contribution >= 0.6 is 11.6 Å². The Morgan fingerprint density at radius 3 is 2.57 bits per heavy atom. The van der Waals surface area contributed by atoms with E-state index in [1.165, 1.54) is 24.3 Å². The van der Waals surface area contributed by atoms with Crippen molar-refractivity contribution < 1.29 is 14.1 Å². The van der Waals surface area contributed by atoms with Crippen molar-refractivity contribution in [2.45, 2.75) is 13.1 Å². The fourth-order valence-electron chi connectivity index (χ4n) is 2.65. The van der Waals surface area contributed by atoms with Crippen LogP contribution in [-0.2, 0) is 17.9 Å². The molecule has 28 heavy (non-hydrogen) atoms. The normalized spacial score (nSPS) is 10.9. The molecule has 0 saturated carbocycles. The van der Waals surface area contributed by atoms with E-state index in [1.54, 1.807) is 29.4 Å². The summed E-state index contributed by atoms with van der Waals surface area (Å²) in [6.07, 6.45) is 4.48. The van der Waals surface area contributed by atoms with Gasteiger partial charge in [0, 0.05) is 18.7 Å². The van der Waals surface area contributed by atoms with Gasteiger partial charge in [0.05, 0.1) is 17.7 Å². The molecule has 0 aliphatic carbocycles. The number of benzene rings is 2. The van der Waals surface area contributed by atoms with Gasteiger partial charge in [-0.05, 0) is 35.4 Å². The van der Waals surface area contributed by atoms with E-state index in [1.807, 2.05) is 30.3 Å². The molecule has 3 aromatic rings. The van der Waals surface area contributed by atoms with Gasteiger partial charge in [-0.1, -0.05) is 48.0 Å². The SMILES string of the molecule is O=C(C=Cc1ccc(Cl)c([N+](=O)[O-])c1)N(Cc1ccccc1)Cc1ccco1. The highest BCUT2D eigenvalue weighted by molar-refractivity contribution is 6.32. The average molecular weight is 397 g/mol. The Balaban J connectivity index is 1.79. The highest BCUT2D eigenvalue weighted by atomic mass is 35.5. The van der Waals surface area contributed by atoms with E-state index in [-0.39, 0.29) is 16.6 Å². The third kappa shape index (κ3) is 5.08. The van der Waals surface area contributed by atoms with E-state index in [0.717, 1.165) is 5.56 Å². The van der Waals surface area contributed by atoms with Crippen LogP contribution in [0.3, 0.4) is 0 Å². The van der Waals surface area contributed by atoms with Crippen molar-refractivity contribution >= 4 is 29.3 Å². The minimum atomic E-state index is -0.555. The molecule has 142 valence electrons. The van der Waals surface area contributed by atoms with Gasteiger partial charge in [0.1, 0.15) is 10.8 Å². The summed E-state index contributed by atoms with van der Waals surface area (Å²) in [5.74, 6) is 0.428. The van der Waals surface area contributed by atoms with Crippen LogP contribution in [0.1, 0.15) is 16.9 Å². The maximum Gasteiger partial charge on any atom is 0.288 e. The van der Waals surface area contributed by atoms with Gasteiger partial charge in [0.15, 0.2) is 0 Å². The van der Waals surface area contributed by atoms with Gasteiger partial charge in [0.2, 0.25) is 5.91 Å². The zero-order chi connectivity index (χ0) is 19.9. The van der Waals surface area contributed by atoms with Crippen LogP contribution in [0, 0.1) is 10.1 Å². The van der Waals surface area contributed by atoms with E-state index in [0.29, 0.717) is 24.4 Å². The van der Waals surface area contributed by atoms with Crippen molar-refractivity contribution in [1.82, 2.24) is 4.90 Å². The minimum Gasteiger partial charge on any atom is -0.467 e. The second-order valence-corrected chi connectivity index (χ2v) is 6.47. The molecule has 0 N–H and O–H groups in total. The van der Waals surface area contributed by atoms with Crippen LogP contribution in [0.2, 0.25) is 5.02 Å². The number of halogens is 1. The predicted octanol–water partition coefficient (Wildman–Crippen LogP) is 5.08. The van der Waals surface area contributed by atoms with Crippen LogP contribution in [0.15, 0.2) is 77.4 Å². The highest BCUT2D eigenvalue weighted by Gasteiger charge is 2.15. The Morgan fingerprint density at radius 1 is 1.11 bits per heavy atom. The molecule has 0 radical (unpaired) electrons. The van der Waals surface area contributed by atoms with Crippen molar-refractivity contribution in [3.05, 3.63) is 105 Å². The molecule has 0 aliphatic rings. The monoisotopic (exact) mass is 396 g/mol. The molecule has 0 spiro atoms. The molecule has 0 saturated heterocycles. The molecule has 2 aromatic carbocycles. The number of carbonyl (C=O) groups excluding carboxylic acids is 1. The number of carbonyl (C=O) groups is 1. The topological polar surface area (TPSA) is 76.6 Å². The summed E-state index contributed by atoms with van der Waals surface area (Å²) < 4.78 is 5.36. The van der Waals surface area contributed by atoms with E-state index in [2.05, 4.69) is 0 Å². The molecule has 1 amide bonds. The van der Waals surface area contributed by atoms with E-state index in [9.17, 15) is 14.9 Å². The van der Waals surface area contributed by atoms with Crippen LogP contribution in [0.5, 0.6) is 0 Å². The first kappa shape index (κ1) is 19.4. The fourth-order valence-corrected chi connectivity index (χ4v) is 2.84. The molecule has 0 unspecified atom stereocenters. The van der Waals surface area contributed by atoms with E-state index >= 15 is 0 Å². The lowest BCUT2D eigenvalue weighted by atomic mass is 10.1. The Bertz CT molecular complexity index is 985. The second-order valence-electron chi connectivity index (χ2n) is 6.06. The molecule has 0 fully saturated rings. The summed E-state index contributed by atoms with van der Waals surface area (Å²) >= 11 is 5.82. The fraction of sp³-hybridized carbons (Fsp3) is 0.0952. The summed E-state index contributed by atoms with van der Waals surface area (Å²) in [6.45, 7) is 0.720. The summed E-state index contributed by atoms with van der Waals surface area (Å²) in [5, 5.41) is 11.1. The van der Waals surface area contributed by atoms with Crippen molar-refractivity contribution in [1.29, 1.82) is 0 Å². The smallest absolute Gasteiger partial charge is 0.288 e. The van der Waals surface area contributed by atoms with E-state index < -0.39 is 4.92 Å². The van der Waals surface area contributed by atoms with Gasteiger partial charge in [-0.15, -0.1) is 0 Å². The molecule has 0 aliphatic heterocycles. The lowest BCUT2D eigenvalue weighted by Crippen LogP contribution is -2.28. The van der Waals surface area contributed by atoms with Gasteiger partial charge >= 0.3 is 0 Å². The maximum atomic E-state index is 12.8. The van der Waals surface area contributed by atoms with E-state index in [4.69, 9.17) is 16.0 Å². The van der Waals surface area contributed by atoms with Crippen LogP contribution in [0.25, 0.3) is 6.08 Å². The lowest BCUT2D eigenvalue weighted by Gasteiger charge is -2.20. The third-order valence-electron chi connectivity index (χ3n) is 4.04. The number of hydrogen-bond donors (Lipinski definition) is 0. The molecular formula is C21H17ClN2O4. The highest BCUT2D eigenvalue weighted by Crippen LogP contribution is 2.25. The average Bonchev–Trinajstić information content (AvgIpc) is 3.20. The van der Waals surface area contributed by atoms with Crippen molar-refractivity contribution in [3.8, 4) is 0 Å². The van der Waals surface area contributed by atoms with Crippen molar-refractivity contribution in [2.75, 3.05) is 0 Å². The molecular weight excluding hydrogens is 380 g/mol. The maximum absolute atomic E-state index is 12.8. The van der Waals surface area contributed by atoms with Gasteiger partial charge in [-0.25, -0.2) is 0 Å². The van der Waals surface area contributed by atoms with Crippen molar-refractivity contribution in [3.63, 3.8) is 0 Å². The standard InChI is InChI=1S/C21H17ClN2O4/c22-19-10-8-16(13-20(19)24(26)27)9-11-21(25)23(15-18-7-4-12-28-18)14-17-5-2-1-3-6-17/h1-13H,14-15H2. The first-order valence-electron chi connectivity index (χ1n) is 8.50. The molecule has 0 atom stereocenters. The lowest BCUT2D eigenvalue weighted by molar-refractivity contribution is -0.384. The minimum absolute atomic E-state index is 0.0528. The summed E-state index contributed by atoms with van der Waals surface area (Å²) in [4.78, 5) is 24.9. The van der Waals surface area contributed by atoms with Gasteiger partial charge in [0.25, 0.3) is 5.69 Å². The Morgan fingerprint density at radius 2 is 1.89 bits per heavy atom. The molecule has 1 aromatic heterocycles. The number of amides is 1. The number of nitrogens with zero attached hydrogens (tertiary/aromatic N) is 2. The Labute approximate surface area is 166 Å². The quantitative estimate of drug-likeness (QED) is 0.317. The number of hydrogen-bond acceptors (Lipinski definition) is 4. The molecule has 1 heterocycles. The summed E-state index contributed by atoms with van der Waals surface area (Å²) in [5.41, 5.74) is 1.30. The van der Waals surface area contributed by atoms with Gasteiger partial charge in [-0.2, -0.15) is 0 Å². The second kappa shape index (κ2) is 9.01. The summed E-state index contributed by atoms with van der Waals surface area (Å²) in [7, 11) is 0. The molecule has 0 bridgehead atoms. The zero-order valence-corrected chi connectivity index (χ0v) is 15.6. The Hall–Kier alpha value is -3.38. The Kier molecular flexibility index (Phi) is 6.24. The number of nitro groups is 1. The zero-order valence-electron chi connectivity index (χ0n) is 14.8. The van der Waals surface area contributed by atoms with Gasteiger partial charge < -0.3 is 9.32 Å². The predicted molar refractivity (Wildman–Crippen MR) is 107 cm³/mol. The van der Waals surface area contributed by atoms with Crippen LogP contribution < -0.4 is 0 Å². The molecule has 6 nitrogen and oxygen atoms in total. The third-order valence-corrected chi connectivity index (χ3v) is 4.36. The molecule has 3 rings (SSSR count). The summed E-state index contributed by atoms with van der Waals surface area (Å²) in [6, 6.07) is 17.6. The van der Waals surface area contributed by atoms with Gasteiger partial charge in [-0.3, -0.25) is 14.9 Å². The van der Waals surface area contributed by atoms with Crippen LogP contribution in [0.4, 0.5) is 5.69 Å².